The molecule has 0 saturated heterocycles. The molecule has 0 aliphatic heterocycles. The normalized spacial score (nSPS) is 43.4. The minimum Gasteiger partial charge on any atom is -0.508 e. The summed E-state index contributed by atoms with van der Waals surface area (Å²) in [5, 5.41) is 9.82. The third-order valence-corrected chi connectivity index (χ3v) is 7.06. The molecular formula is C20H26O2. The van der Waals surface area contributed by atoms with E-state index < -0.39 is 0 Å². The van der Waals surface area contributed by atoms with Gasteiger partial charge in [0.05, 0.1) is 0 Å². The smallest absolute Gasteiger partial charge is 0.139 e. The highest BCUT2D eigenvalue weighted by Gasteiger charge is 2.58. The molecule has 2 nitrogen and oxygen atoms in total. The van der Waals surface area contributed by atoms with Crippen LogP contribution >= 0.6 is 0 Å². The average Bonchev–Trinajstić information content (AvgIpc) is 2.74. The molecule has 6 atom stereocenters. The summed E-state index contributed by atoms with van der Waals surface area (Å²) >= 11 is 0. The predicted octanol–water partition coefficient (Wildman–Crippen LogP) is 4.31. The molecule has 0 radical (unpaired) electrons. The largest absolute Gasteiger partial charge is 0.508 e. The number of rotatable bonds is 0. The Labute approximate surface area is 132 Å². The maximum atomic E-state index is 12.5. The van der Waals surface area contributed by atoms with E-state index in [1.165, 1.54) is 11.1 Å². The summed E-state index contributed by atoms with van der Waals surface area (Å²) in [4.78, 5) is 12.5. The molecule has 22 heavy (non-hydrogen) atoms. The standard InChI is InChI=1S/C20H26O2/c1-11-8-13-9-14(21)4-5-15(13)18-12(2)10-20(3)16(19(11)18)6-7-17(20)22/h4-5,9,11-12,16,18-19,21H,6-8,10H2,1-3H3. The average molecular weight is 298 g/mol. The van der Waals surface area contributed by atoms with Crippen LogP contribution < -0.4 is 0 Å². The molecule has 0 spiro atoms. The zero-order valence-corrected chi connectivity index (χ0v) is 13.8. The Hall–Kier alpha value is -1.31. The molecule has 1 aromatic rings. The van der Waals surface area contributed by atoms with Gasteiger partial charge in [0.25, 0.3) is 0 Å². The molecule has 0 amide bonds. The summed E-state index contributed by atoms with van der Waals surface area (Å²) in [6, 6.07) is 5.94. The zero-order valence-electron chi connectivity index (χ0n) is 13.8. The Morgan fingerprint density at radius 2 is 2.00 bits per heavy atom. The van der Waals surface area contributed by atoms with Crippen molar-refractivity contribution in [3.63, 3.8) is 0 Å². The van der Waals surface area contributed by atoms with Gasteiger partial charge in [-0.05, 0) is 72.1 Å². The number of phenols is 1. The molecule has 1 N–H and O–H groups in total. The molecule has 0 aromatic heterocycles. The number of carbonyl (C=O) groups excluding carboxylic acids is 1. The first kappa shape index (κ1) is 14.3. The van der Waals surface area contributed by atoms with Crippen LogP contribution in [0.25, 0.3) is 0 Å². The first-order valence-corrected chi connectivity index (χ1v) is 8.77. The van der Waals surface area contributed by atoms with Crippen molar-refractivity contribution in [1.29, 1.82) is 0 Å². The topological polar surface area (TPSA) is 37.3 Å². The van der Waals surface area contributed by atoms with Gasteiger partial charge >= 0.3 is 0 Å². The molecule has 118 valence electrons. The van der Waals surface area contributed by atoms with Crippen molar-refractivity contribution in [2.24, 2.45) is 29.1 Å². The highest BCUT2D eigenvalue weighted by Crippen LogP contribution is 2.62. The van der Waals surface area contributed by atoms with Crippen molar-refractivity contribution in [3.05, 3.63) is 29.3 Å². The van der Waals surface area contributed by atoms with Crippen molar-refractivity contribution in [3.8, 4) is 5.75 Å². The summed E-state index contributed by atoms with van der Waals surface area (Å²) < 4.78 is 0. The molecule has 2 heteroatoms. The summed E-state index contributed by atoms with van der Waals surface area (Å²) in [5.74, 6) is 3.76. The van der Waals surface area contributed by atoms with Gasteiger partial charge in [0.2, 0.25) is 0 Å². The number of fused-ring (bicyclic) bond motifs is 5. The summed E-state index contributed by atoms with van der Waals surface area (Å²) in [6.45, 7) is 6.92. The van der Waals surface area contributed by atoms with Gasteiger partial charge in [-0.2, -0.15) is 0 Å². The van der Waals surface area contributed by atoms with E-state index in [-0.39, 0.29) is 5.41 Å². The SMILES string of the molecule is CC1CC2(C)C(=O)CCC2C2C(C)Cc3cc(O)ccc3C12. The number of aromatic hydroxyl groups is 1. The van der Waals surface area contributed by atoms with Gasteiger partial charge in [-0.1, -0.05) is 26.8 Å². The van der Waals surface area contributed by atoms with Gasteiger partial charge in [0.15, 0.2) is 0 Å². The molecule has 4 rings (SSSR count). The maximum absolute atomic E-state index is 12.5. The lowest BCUT2D eigenvalue weighted by Crippen LogP contribution is -2.48. The summed E-state index contributed by atoms with van der Waals surface area (Å²) in [7, 11) is 0. The van der Waals surface area contributed by atoms with E-state index in [9.17, 15) is 9.90 Å². The van der Waals surface area contributed by atoms with Crippen molar-refractivity contribution >= 4 is 5.78 Å². The molecule has 0 heterocycles. The Morgan fingerprint density at radius 1 is 1.23 bits per heavy atom. The van der Waals surface area contributed by atoms with E-state index in [2.05, 4.69) is 26.8 Å². The molecule has 6 unspecified atom stereocenters. The van der Waals surface area contributed by atoms with Crippen LogP contribution in [-0.4, -0.2) is 10.9 Å². The van der Waals surface area contributed by atoms with Crippen LogP contribution in [0, 0.1) is 29.1 Å². The Kier molecular flexibility index (Phi) is 2.99. The van der Waals surface area contributed by atoms with Gasteiger partial charge in [-0.15, -0.1) is 0 Å². The lowest BCUT2D eigenvalue weighted by molar-refractivity contribution is -0.131. The van der Waals surface area contributed by atoms with Crippen LogP contribution in [0.4, 0.5) is 0 Å². The minimum atomic E-state index is -0.0801. The number of hydrogen-bond acceptors (Lipinski definition) is 2. The van der Waals surface area contributed by atoms with E-state index in [4.69, 9.17) is 0 Å². The molecule has 1 aromatic carbocycles. The number of carbonyl (C=O) groups is 1. The third-order valence-electron chi connectivity index (χ3n) is 7.06. The highest BCUT2D eigenvalue weighted by atomic mass is 16.3. The van der Waals surface area contributed by atoms with Gasteiger partial charge in [-0.25, -0.2) is 0 Å². The van der Waals surface area contributed by atoms with Gasteiger partial charge in [-0.3, -0.25) is 4.79 Å². The second-order valence-electron chi connectivity index (χ2n) is 8.33. The lowest BCUT2D eigenvalue weighted by Gasteiger charge is -2.53. The van der Waals surface area contributed by atoms with Crippen LogP contribution in [0.15, 0.2) is 18.2 Å². The van der Waals surface area contributed by atoms with E-state index in [1.807, 2.05) is 12.1 Å². The van der Waals surface area contributed by atoms with Gasteiger partial charge in [0.1, 0.15) is 11.5 Å². The highest BCUT2D eigenvalue weighted by molar-refractivity contribution is 5.87. The third kappa shape index (κ3) is 1.76. The van der Waals surface area contributed by atoms with Crippen molar-refractivity contribution in [2.75, 3.05) is 0 Å². The summed E-state index contributed by atoms with van der Waals surface area (Å²) in [5.41, 5.74) is 2.69. The molecule has 2 saturated carbocycles. The number of Topliss-reactive ketones (excluding diaryl/α,β-unsaturated/α-hetero) is 1. The summed E-state index contributed by atoms with van der Waals surface area (Å²) in [6.07, 6.45) is 3.94. The van der Waals surface area contributed by atoms with Crippen LogP contribution in [0.2, 0.25) is 0 Å². The molecule has 3 aliphatic carbocycles. The fraction of sp³-hybridized carbons (Fsp3) is 0.650. The monoisotopic (exact) mass is 298 g/mol. The fourth-order valence-corrected chi connectivity index (χ4v) is 6.25. The molecular weight excluding hydrogens is 272 g/mol. The minimum absolute atomic E-state index is 0.0801. The lowest BCUT2D eigenvalue weighted by atomic mass is 9.50. The van der Waals surface area contributed by atoms with Crippen molar-refractivity contribution < 1.29 is 9.90 Å². The Balaban J connectivity index is 1.82. The zero-order chi connectivity index (χ0) is 15.6. The first-order chi connectivity index (χ1) is 10.4. The number of phenolic OH excluding ortho intramolecular Hbond substituents is 1. The molecule has 2 fully saturated rings. The molecule has 0 bridgehead atoms. The van der Waals surface area contributed by atoms with Gasteiger partial charge < -0.3 is 5.11 Å². The van der Waals surface area contributed by atoms with Crippen LogP contribution in [0.5, 0.6) is 5.75 Å². The number of ketones is 1. The quantitative estimate of drug-likeness (QED) is 0.775. The van der Waals surface area contributed by atoms with Crippen molar-refractivity contribution in [1.82, 2.24) is 0 Å². The second-order valence-corrected chi connectivity index (χ2v) is 8.33. The van der Waals surface area contributed by atoms with Crippen LogP contribution in [-0.2, 0) is 11.2 Å². The van der Waals surface area contributed by atoms with Crippen molar-refractivity contribution in [2.45, 2.75) is 52.4 Å². The number of benzene rings is 1. The van der Waals surface area contributed by atoms with E-state index in [0.717, 1.165) is 25.7 Å². The Bertz CT molecular complexity index is 635. The van der Waals surface area contributed by atoms with Crippen LogP contribution in [0.3, 0.4) is 0 Å². The second kappa shape index (κ2) is 4.59. The van der Waals surface area contributed by atoms with E-state index in [1.54, 1.807) is 0 Å². The van der Waals surface area contributed by atoms with Crippen LogP contribution in [0.1, 0.15) is 57.1 Å². The van der Waals surface area contributed by atoms with E-state index in [0.29, 0.717) is 41.1 Å². The molecule has 3 aliphatic rings. The number of hydrogen-bond donors (Lipinski definition) is 1. The predicted molar refractivity (Wildman–Crippen MR) is 86.8 cm³/mol. The van der Waals surface area contributed by atoms with Gasteiger partial charge in [0, 0.05) is 11.8 Å². The fourth-order valence-electron chi connectivity index (χ4n) is 6.25. The van der Waals surface area contributed by atoms with E-state index >= 15 is 0 Å². The maximum Gasteiger partial charge on any atom is 0.139 e. The Morgan fingerprint density at radius 3 is 2.77 bits per heavy atom. The first-order valence-electron chi connectivity index (χ1n) is 8.77.